The minimum atomic E-state index is -0.180. The lowest BCUT2D eigenvalue weighted by molar-refractivity contribution is -0.165. The van der Waals surface area contributed by atoms with Gasteiger partial charge in [0.1, 0.15) is 0 Å². The summed E-state index contributed by atoms with van der Waals surface area (Å²) in [6, 6.07) is 5.81. The van der Waals surface area contributed by atoms with E-state index in [1.807, 2.05) is 18.2 Å². The first kappa shape index (κ1) is 15.3. The van der Waals surface area contributed by atoms with Crippen molar-refractivity contribution in [3.63, 3.8) is 0 Å². The minimum absolute atomic E-state index is 0.180. The molecule has 25 heavy (non-hydrogen) atoms. The van der Waals surface area contributed by atoms with Crippen LogP contribution in [0.2, 0.25) is 0 Å². The van der Waals surface area contributed by atoms with Gasteiger partial charge in [0.25, 0.3) is 0 Å². The number of anilines is 1. The largest absolute Gasteiger partial charge is 0.326 e. The van der Waals surface area contributed by atoms with Crippen molar-refractivity contribution in [3.05, 3.63) is 30.6 Å². The van der Waals surface area contributed by atoms with Gasteiger partial charge >= 0.3 is 0 Å². The Morgan fingerprint density at radius 3 is 2.36 bits per heavy atom. The summed E-state index contributed by atoms with van der Waals surface area (Å²) in [5.41, 5.74) is 3.03. The molecule has 2 aromatic rings. The van der Waals surface area contributed by atoms with Crippen LogP contribution in [0.5, 0.6) is 0 Å². The quantitative estimate of drug-likeness (QED) is 0.875. The summed E-state index contributed by atoms with van der Waals surface area (Å²) >= 11 is 0. The predicted molar refractivity (Wildman–Crippen MR) is 98.0 cm³/mol. The van der Waals surface area contributed by atoms with E-state index in [4.69, 9.17) is 0 Å². The number of nitrogens with one attached hydrogen (secondary N) is 1. The van der Waals surface area contributed by atoms with Crippen molar-refractivity contribution in [2.75, 3.05) is 5.32 Å². The fourth-order valence-electron chi connectivity index (χ4n) is 7.01. The molecule has 2 unspecified atom stereocenters. The van der Waals surface area contributed by atoms with Gasteiger partial charge in [-0.05, 0) is 73.5 Å². The van der Waals surface area contributed by atoms with Gasteiger partial charge in [0.05, 0.1) is 16.4 Å². The van der Waals surface area contributed by atoms with Crippen molar-refractivity contribution in [1.82, 2.24) is 9.97 Å². The van der Waals surface area contributed by atoms with Gasteiger partial charge in [0.15, 0.2) is 0 Å². The van der Waals surface area contributed by atoms with Crippen LogP contribution >= 0.6 is 0 Å². The number of aromatic nitrogens is 2. The first-order valence-electron chi connectivity index (χ1n) is 9.40. The SMILES string of the molecule is CC12CC3CC(C)(C1)CC(C(=O)Nc1ccc4nccnc4c1)(C3)C2. The maximum absolute atomic E-state index is 13.3. The van der Waals surface area contributed by atoms with Crippen LogP contribution in [0.1, 0.15) is 52.4 Å². The van der Waals surface area contributed by atoms with Gasteiger partial charge < -0.3 is 5.32 Å². The monoisotopic (exact) mass is 335 g/mol. The molecular weight excluding hydrogens is 310 g/mol. The predicted octanol–water partition coefficient (Wildman–Crippen LogP) is 4.56. The molecule has 4 bridgehead atoms. The maximum Gasteiger partial charge on any atom is 0.230 e. The second kappa shape index (κ2) is 4.80. The van der Waals surface area contributed by atoms with Crippen LogP contribution in [0.15, 0.2) is 30.6 Å². The van der Waals surface area contributed by atoms with Gasteiger partial charge in [0.2, 0.25) is 5.91 Å². The lowest BCUT2D eigenvalue weighted by Gasteiger charge is -2.64. The van der Waals surface area contributed by atoms with E-state index in [-0.39, 0.29) is 11.3 Å². The molecule has 0 spiro atoms. The molecular formula is C21H25N3O. The Balaban J connectivity index is 1.45. The number of rotatable bonds is 2. The summed E-state index contributed by atoms with van der Waals surface area (Å²) in [6.07, 6.45) is 10.4. The number of hydrogen-bond donors (Lipinski definition) is 1. The third kappa shape index (κ3) is 2.37. The molecule has 1 N–H and O–H groups in total. The summed E-state index contributed by atoms with van der Waals surface area (Å²) in [7, 11) is 0. The van der Waals surface area contributed by atoms with Crippen LogP contribution in [-0.4, -0.2) is 15.9 Å². The van der Waals surface area contributed by atoms with Crippen molar-refractivity contribution in [2.24, 2.45) is 22.2 Å². The van der Waals surface area contributed by atoms with Gasteiger partial charge in [-0.3, -0.25) is 14.8 Å². The first-order chi connectivity index (χ1) is 11.9. The van der Waals surface area contributed by atoms with E-state index in [1.54, 1.807) is 12.4 Å². The molecule has 2 atom stereocenters. The van der Waals surface area contributed by atoms with Gasteiger partial charge in [-0.1, -0.05) is 13.8 Å². The van der Waals surface area contributed by atoms with Crippen molar-refractivity contribution in [1.29, 1.82) is 0 Å². The fraction of sp³-hybridized carbons (Fsp3) is 0.571. The summed E-state index contributed by atoms with van der Waals surface area (Å²) in [4.78, 5) is 22.0. The van der Waals surface area contributed by atoms with Gasteiger partial charge in [-0.15, -0.1) is 0 Å². The Morgan fingerprint density at radius 1 is 1.00 bits per heavy atom. The molecule has 4 nitrogen and oxygen atoms in total. The Labute approximate surface area is 148 Å². The third-order valence-electron chi connectivity index (χ3n) is 6.84. The number of nitrogens with zero attached hydrogens (tertiary/aromatic N) is 2. The Bertz CT molecular complexity index is 858. The van der Waals surface area contributed by atoms with Crippen LogP contribution in [0.25, 0.3) is 11.0 Å². The summed E-state index contributed by atoms with van der Waals surface area (Å²) < 4.78 is 0. The van der Waals surface area contributed by atoms with Gasteiger partial charge in [0, 0.05) is 18.1 Å². The molecule has 0 aliphatic heterocycles. The highest BCUT2D eigenvalue weighted by Gasteiger charge is 2.62. The number of carbonyl (C=O) groups is 1. The van der Waals surface area contributed by atoms with Crippen LogP contribution in [0.4, 0.5) is 5.69 Å². The highest BCUT2D eigenvalue weighted by atomic mass is 16.2. The number of fused-ring (bicyclic) bond motifs is 1. The average molecular weight is 335 g/mol. The minimum Gasteiger partial charge on any atom is -0.326 e. The molecule has 4 aliphatic carbocycles. The summed E-state index contributed by atoms with van der Waals surface area (Å²) in [6.45, 7) is 4.81. The molecule has 1 aromatic carbocycles. The molecule has 6 rings (SSSR count). The number of carbonyl (C=O) groups excluding carboxylic acids is 1. The van der Waals surface area contributed by atoms with Crippen LogP contribution in [0, 0.1) is 22.2 Å². The third-order valence-corrected chi connectivity index (χ3v) is 6.84. The van der Waals surface area contributed by atoms with Gasteiger partial charge in [-0.2, -0.15) is 0 Å². The topological polar surface area (TPSA) is 54.9 Å². The van der Waals surface area contributed by atoms with Crippen molar-refractivity contribution < 1.29 is 4.79 Å². The van der Waals surface area contributed by atoms with E-state index in [0.29, 0.717) is 10.8 Å². The second-order valence-corrected chi connectivity index (χ2v) is 9.62. The lowest BCUT2D eigenvalue weighted by Crippen LogP contribution is -2.58. The Hall–Kier alpha value is -1.97. The van der Waals surface area contributed by atoms with Crippen molar-refractivity contribution >= 4 is 22.6 Å². The van der Waals surface area contributed by atoms with E-state index in [1.165, 1.54) is 19.3 Å². The van der Waals surface area contributed by atoms with Gasteiger partial charge in [-0.25, -0.2) is 0 Å². The van der Waals surface area contributed by atoms with E-state index in [0.717, 1.165) is 41.9 Å². The fourth-order valence-corrected chi connectivity index (χ4v) is 7.01. The zero-order chi connectivity index (χ0) is 17.3. The van der Waals surface area contributed by atoms with Crippen molar-refractivity contribution in [2.45, 2.75) is 52.4 Å². The number of amides is 1. The molecule has 4 saturated carbocycles. The molecule has 1 amide bonds. The molecule has 1 aromatic heterocycles. The van der Waals surface area contributed by atoms with Crippen LogP contribution < -0.4 is 5.32 Å². The molecule has 1 heterocycles. The Morgan fingerprint density at radius 2 is 1.68 bits per heavy atom. The molecule has 4 fully saturated rings. The maximum atomic E-state index is 13.3. The van der Waals surface area contributed by atoms with Crippen LogP contribution in [0.3, 0.4) is 0 Å². The van der Waals surface area contributed by atoms with Crippen LogP contribution in [-0.2, 0) is 4.79 Å². The normalized spacial score (nSPS) is 38.9. The van der Waals surface area contributed by atoms with Crippen molar-refractivity contribution in [3.8, 4) is 0 Å². The highest BCUT2D eigenvalue weighted by molar-refractivity contribution is 5.97. The first-order valence-corrected chi connectivity index (χ1v) is 9.40. The standard InChI is InChI=1S/C21H25N3O/c1-19-8-14-9-20(2,11-19)13-21(10-14,12-19)18(25)24-15-3-4-16-17(7-15)23-6-5-22-16/h3-7,14H,8-13H2,1-2H3,(H,24,25). The molecule has 130 valence electrons. The zero-order valence-corrected chi connectivity index (χ0v) is 15.0. The molecule has 4 aliphatic rings. The summed E-state index contributed by atoms with van der Waals surface area (Å²) in [5.74, 6) is 0.941. The second-order valence-electron chi connectivity index (χ2n) is 9.62. The molecule has 0 saturated heterocycles. The van der Waals surface area contributed by atoms with E-state index in [2.05, 4.69) is 29.1 Å². The smallest absolute Gasteiger partial charge is 0.230 e. The number of hydrogen-bond acceptors (Lipinski definition) is 3. The van der Waals surface area contributed by atoms with E-state index >= 15 is 0 Å². The number of benzene rings is 1. The molecule has 4 heteroatoms. The average Bonchev–Trinajstić information content (AvgIpc) is 2.51. The zero-order valence-electron chi connectivity index (χ0n) is 15.0. The Kier molecular flexibility index (Phi) is 2.94. The highest BCUT2D eigenvalue weighted by Crippen LogP contribution is 2.69. The molecule has 0 radical (unpaired) electrons. The lowest BCUT2D eigenvalue weighted by atomic mass is 9.40. The van der Waals surface area contributed by atoms with E-state index in [9.17, 15) is 4.79 Å². The van der Waals surface area contributed by atoms with E-state index < -0.39 is 0 Å². The summed E-state index contributed by atoms with van der Waals surface area (Å²) in [5, 5.41) is 3.22.